The molecule has 1 aliphatic heterocycles. The Morgan fingerprint density at radius 3 is 2.73 bits per heavy atom. The Labute approximate surface area is 190 Å². The highest BCUT2D eigenvalue weighted by atomic mass is 16.5. The Morgan fingerprint density at radius 2 is 1.97 bits per heavy atom. The number of amides is 1. The zero-order valence-corrected chi connectivity index (χ0v) is 18.3. The Balaban J connectivity index is 1.39. The number of rotatable bonds is 9. The molecule has 2 aromatic carbocycles. The summed E-state index contributed by atoms with van der Waals surface area (Å²) in [5.41, 5.74) is 1.06. The topological polar surface area (TPSA) is 96.2 Å². The molecule has 1 aliphatic rings. The minimum absolute atomic E-state index is 0.157. The van der Waals surface area contributed by atoms with Crippen molar-refractivity contribution in [1.82, 2.24) is 5.32 Å². The molecule has 0 aliphatic carbocycles. The van der Waals surface area contributed by atoms with Crippen LogP contribution in [0.1, 0.15) is 21.7 Å². The van der Waals surface area contributed by atoms with E-state index in [2.05, 4.69) is 5.32 Å². The van der Waals surface area contributed by atoms with Crippen LogP contribution >= 0.6 is 0 Å². The van der Waals surface area contributed by atoms with Gasteiger partial charge in [-0.2, -0.15) is 0 Å². The molecule has 8 nitrogen and oxygen atoms in total. The number of allylic oxidation sites excluding steroid dienone is 1. The van der Waals surface area contributed by atoms with Crippen LogP contribution in [0.15, 0.2) is 65.0 Å². The number of ether oxygens (including phenoxy) is 4. The van der Waals surface area contributed by atoms with E-state index in [1.807, 2.05) is 6.07 Å². The normalized spacial score (nSPS) is 13.4. The lowest BCUT2D eigenvalue weighted by molar-refractivity contribution is -0.123. The first-order valence-electron chi connectivity index (χ1n) is 10.3. The van der Waals surface area contributed by atoms with Gasteiger partial charge in [0.15, 0.2) is 23.9 Å². The third-order valence-corrected chi connectivity index (χ3v) is 5.01. The standard InChI is InChI=1S/C25H23NO7/c1-29-20-7-3-5-16(25(20)30-2)13-22-24(28)19-9-8-18(14-21(19)33-22)32-15-23(27)26-11-10-17-6-4-12-31-17/h3-9,12-14H,10-11,15H2,1-2H3,(H,26,27). The first-order valence-corrected chi connectivity index (χ1v) is 10.3. The predicted molar refractivity (Wildman–Crippen MR) is 120 cm³/mol. The number of hydrogen-bond donors (Lipinski definition) is 1. The second-order valence-corrected chi connectivity index (χ2v) is 7.15. The maximum absolute atomic E-state index is 12.8. The SMILES string of the molecule is COc1cccc(C=C2Oc3cc(OCC(=O)NCCc4ccco4)ccc3C2=O)c1OC. The Bertz CT molecular complexity index is 1180. The van der Waals surface area contributed by atoms with Gasteiger partial charge >= 0.3 is 0 Å². The average molecular weight is 449 g/mol. The number of furan rings is 1. The Morgan fingerprint density at radius 1 is 1.09 bits per heavy atom. The monoisotopic (exact) mass is 449 g/mol. The number of benzene rings is 2. The second kappa shape index (κ2) is 9.95. The van der Waals surface area contributed by atoms with E-state index in [4.69, 9.17) is 23.4 Å². The van der Waals surface area contributed by atoms with E-state index < -0.39 is 0 Å². The molecule has 33 heavy (non-hydrogen) atoms. The van der Waals surface area contributed by atoms with Gasteiger partial charge in [0.1, 0.15) is 17.3 Å². The van der Waals surface area contributed by atoms with Crippen molar-refractivity contribution in [3.63, 3.8) is 0 Å². The first-order chi connectivity index (χ1) is 16.1. The number of Topliss-reactive ketones (excluding diaryl/α,β-unsaturated/α-hetero) is 1. The highest BCUT2D eigenvalue weighted by molar-refractivity contribution is 6.14. The number of methoxy groups -OCH3 is 2. The predicted octanol–water partition coefficient (Wildman–Crippen LogP) is 3.65. The highest BCUT2D eigenvalue weighted by Gasteiger charge is 2.28. The second-order valence-electron chi connectivity index (χ2n) is 7.15. The number of fused-ring (bicyclic) bond motifs is 1. The number of carbonyl (C=O) groups is 2. The molecule has 1 amide bonds. The fourth-order valence-electron chi connectivity index (χ4n) is 3.40. The Hall–Kier alpha value is -4.20. The molecule has 0 unspecified atom stereocenters. The van der Waals surface area contributed by atoms with E-state index in [0.29, 0.717) is 47.1 Å². The summed E-state index contributed by atoms with van der Waals surface area (Å²) in [6.07, 6.45) is 3.80. The summed E-state index contributed by atoms with van der Waals surface area (Å²) in [6.45, 7) is 0.286. The molecule has 0 radical (unpaired) electrons. The zero-order chi connectivity index (χ0) is 23.2. The molecular formula is C25H23NO7. The Kier molecular flexibility index (Phi) is 6.64. The largest absolute Gasteiger partial charge is 0.493 e. The maximum Gasteiger partial charge on any atom is 0.257 e. The van der Waals surface area contributed by atoms with Crippen LogP contribution in [0.4, 0.5) is 0 Å². The molecule has 1 N–H and O–H groups in total. The summed E-state index contributed by atoms with van der Waals surface area (Å²) in [5, 5.41) is 2.76. The van der Waals surface area contributed by atoms with Crippen LogP contribution in [-0.2, 0) is 11.2 Å². The van der Waals surface area contributed by atoms with Crippen molar-refractivity contribution in [2.24, 2.45) is 0 Å². The van der Waals surface area contributed by atoms with Gasteiger partial charge in [-0.15, -0.1) is 0 Å². The summed E-state index contributed by atoms with van der Waals surface area (Å²) < 4.78 is 27.3. The maximum atomic E-state index is 12.8. The molecule has 0 spiro atoms. The van der Waals surface area contributed by atoms with Gasteiger partial charge in [-0.05, 0) is 36.4 Å². The third kappa shape index (κ3) is 5.01. The molecule has 0 fully saturated rings. The van der Waals surface area contributed by atoms with Crippen LogP contribution in [0, 0.1) is 0 Å². The van der Waals surface area contributed by atoms with Crippen molar-refractivity contribution in [1.29, 1.82) is 0 Å². The summed E-state index contributed by atoms with van der Waals surface area (Å²) in [4.78, 5) is 24.8. The summed E-state index contributed by atoms with van der Waals surface area (Å²) in [5.74, 6) is 2.28. The first kappa shape index (κ1) is 22.0. The van der Waals surface area contributed by atoms with Crippen molar-refractivity contribution in [2.45, 2.75) is 6.42 Å². The van der Waals surface area contributed by atoms with Crippen molar-refractivity contribution < 1.29 is 33.0 Å². The summed E-state index contributed by atoms with van der Waals surface area (Å²) in [6, 6.07) is 13.8. The van der Waals surface area contributed by atoms with Crippen molar-refractivity contribution in [3.05, 3.63) is 77.4 Å². The smallest absolute Gasteiger partial charge is 0.257 e. The fraction of sp³-hybridized carbons (Fsp3) is 0.200. The van der Waals surface area contributed by atoms with Gasteiger partial charge < -0.3 is 28.7 Å². The number of ketones is 1. The quantitative estimate of drug-likeness (QED) is 0.498. The van der Waals surface area contributed by atoms with Crippen molar-refractivity contribution in [2.75, 3.05) is 27.4 Å². The third-order valence-electron chi connectivity index (χ3n) is 5.01. The van der Waals surface area contributed by atoms with Gasteiger partial charge in [-0.3, -0.25) is 9.59 Å². The molecule has 0 atom stereocenters. The molecular weight excluding hydrogens is 426 g/mol. The van der Waals surface area contributed by atoms with E-state index in [1.165, 1.54) is 7.11 Å². The van der Waals surface area contributed by atoms with Crippen LogP contribution < -0.4 is 24.3 Å². The number of hydrogen-bond acceptors (Lipinski definition) is 7. The van der Waals surface area contributed by atoms with Crippen LogP contribution in [0.25, 0.3) is 6.08 Å². The minimum atomic E-state index is -0.259. The molecule has 4 rings (SSSR count). The van der Waals surface area contributed by atoms with Gasteiger partial charge in [0.25, 0.3) is 5.91 Å². The number of nitrogens with one attached hydrogen (secondary N) is 1. The molecule has 0 bridgehead atoms. The van der Waals surface area contributed by atoms with Gasteiger partial charge in [0.2, 0.25) is 5.78 Å². The molecule has 0 saturated heterocycles. The van der Waals surface area contributed by atoms with Gasteiger partial charge in [0, 0.05) is 24.6 Å². The average Bonchev–Trinajstić information content (AvgIpc) is 3.45. The van der Waals surface area contributed by atoms with Crippen molar-refractivity contribution >= 4 is 17.8 Å². The van der Waals surface area contributed by atoms with Crippen LogP contribution in [0.2, 0.25) is 0 Å². The lowest BCUT2D eigenvalue weighted by atomic mass is 10.1. The lowest BCUT2D eigenvalue weighted by Crippen LogP contribution is -2.30. The molecule has 170 valence electrons. The lowest BCUT2D eigenvalue weighted by Gasteiger charge is -2.10. The van der Waals surface area contributed by atoms with E-state index in [0.717, 1.165) is 5.76 Å². The summed E-state index contributed by atoms with van der Waals surface area (Å²) in [7, 11) is 3.07. The van der Waals surface area contributed by atoms with Crippen LogP contribution in [0.5, 0.6) is 23.0 Å². The van der Waals surface area contributed by atoms with Crippen molar-refractivity contribution in [3.8, 4) is 23.0 Å². The summed E-state index contributed by atoms with van der Waals surface area (Å²) >= 11 is 0. The van der Waals surface area contributed by atoms with E-state index in [9.17, 15) is 9.59 Å². The zero-order valence-electron chi connectivity index (χ0n) is 18.3. The number of para-hydroxylation sites is 1. The molecule has 1 aromatic heterocycles. The molecule has 3 aromatic rings. The van der Waals surface area contributed by atoms with E-state index >= 15 is 0 Å². The van der Waals surface area contributed by atoms with E-state index in [-0.39, 0.29) is 24.1 Å². The molecule has 2 heterocycles. The minimum Gasteiger partial charge on any atom is -0.493 e. The molecule has 8 heteroatoms. The van der Waals surface area contributed by atoms with Gasteiger partial charge in [0.05, 0.1) is 26.0 Å². The van der Waals surface area contributed by atoms with Crippen LogP contribution in [-0.4, -0.2) is 39.1 Å². The fourth-order valence-corrected chi connectivity index (χ4v) is 3.40. The molecule has 0 saturated carbocycles. The highest BCUT2D eigenvalue weighted by Crippen LogP contribution is 2.37. The van der Waals surface area contributed by atoms with Gasteiger partial charge in [-0.25, -0.2) is 0 Å². The number of carbonyl (C=O) groups excluding carboxylic acids is 2. The van der Waals surface area contributed by atoms with E-state index in [1.54, 1.807) is 61.9 Å². The van der Waals surface area contributed by atoms with Crippen LogP contribution in [0.3, 0.4) is 0 Å². The van der Waals surface area contributed by atoms with Gasteiger partial charge in [-0.1, -0.05) is 12.1 Å².